The predicted octanol–water partition coefficient (Wildman–Crippen LogP) is 3.04. The molecule has 3 rings (SSSR count). The van der Waals surface area contributed by atoms with Crippen LogP contribution in [0, 0.1) is 0 Å². The van der Waals surface area contributed by atoms with Gasteiger partial charge < -0.3 is 0 Å². The Kier molecular flexibility index (Phi) is 3.76. The highest BCUT2D eigenvalue weighted by Crippen LogP contribution is 2.30. The van der Waals surface area contributed by atoms with Gasteiger partial charge in [-0.2, -0.15) is 5.10 Å². The molecule has 0 fully saturated rings. The molecule has 1 aromatic carbocycles. The van der Waals surface area contributed by atoms with Crippen LogP contribution in [0.4, 0.5) is 0 Å². The van der Waals surface area contributed by atoms with Gasteiger partial charge in [0.1, 0.15) is 0 Å². The molecule has 0 spiro atoms. The summed E-state index contributed by atoms with van der Waals surface area (Å²) in [6, 6.07) is 12.1. The standard InChI is InChI=1S/C14H15ClN4S/c1-19-12-5-3-2-4-9(12)10(18-19)8-11(17-16)13-6-7-14(15)20-13/h2-7,11,17H,8,16H2,1H3. The highest BCUT2D eigenvalue weighted by molar-refractivity contribution is 7.16. The average Bonchev–Trinajstić information content (AvgIpc) is 3.01. The van der Waals surface area contributed by atoms with Gasteiger partial charge in [-0.3, -0.25) is 16.0 Å². The summed E-state index contributed by atoms with van der Waals surface area (Å²) >= 11 is 7.53. The molecular weight excluding hydrogens is 292 g/mol. The summed E-state index contributed by atoms with van der Waals surface area (Å²) in [5.74, 6) is 5.69. The van der Waals surface area contributed by atoms with E-state index in [0.29, 0.717) is 0 Å². The lowest BCUT2D eigenvalue weighted by molar-refractivity contribution is 0.551. The van der Waals surface area contributed by atoms with E-state index in [4.69, 9.17) is 17.4 Å². The Bertz CT molecular complexity index is 734. The van der Waals surface area contributed by atoms with Gasteiger partial charge in [-0.15, -0.1) is 11.3 Å². The minimum absolute atomic E-state index is 0.0193. The fourth-order valence-corrected chi connectivity index (χ4v) is 3.51. The summed E-state index contributed by atoms with van der Waals surface area (Å²) in [6.07, 6.45) is 0.731. The van der Waals surface area contributed by atoms with Crippen molar-refractivity contribution in [3.05, 3.63) is 51.3 Å². The van der Waals surface area contributed by atoms with E-state index in [-0.39, 0.29) is 6.04 Å². The number of hydrogen-bond acceptors (Lipinski definition) is 4. The number of hydrogen-bond donors (Lipinski definition) is 2. The Balaban J connectivity index is 1.95. The molecule has 4 nitrogen and oxygen atoms in total. The second-order valence-electron chi connectivity index (χ2n) is 4.65. The highest BCUT2D eigenvalue weighted by atomic mass is 35.5. The number of aryl methyl sites for hydroxylation is 1. The zero-order chi connectivity index (χ0) is 14.1. The van der Waals surface area contributed by atoms with Gasteiger partial charge in [0.15, 0.2) is 0 Å². The largest absolute Gasteiger partial charge is 0.271 e. The van der Waals surface area contributed by atoms with Crippen LogP contribution < -0.4 is 11.3 Å². The number of aromatic nitrogens is 2. The number of nitrogens with two attached hydrogens (primary N) is 1. The first-order valence-electron chi connectivity index (χ1n) is 6.31. The lowest BCUT2D eigenvalue weighted by Gasteiger charge is -2.12. The summed E-state index contributed by atoms with van der Waals surface area (Å²) in [5, 5.41) is 5.77. The summed E-state index contributed by atoms with van der Waals surface area (Å²) in [6.45, 7) is 0. The minimum Gasteiger partial charge on any atom is -0.271 e. The van der Waals surface area contributed by atoms with Crippen molar-refractivity contribution in [2.45, 2.75) is 12.5 Å². The molecule has 0 saturated heterocycles. The highest BCUT2D eigenvalue weighted by Gasteiger charge is 2.17. The van der Waals surface area contributed by atoms with Gasteiger partial charge in [0.2, 0.25) is 0 Å². The van der Waals surface area contributed by atoms with E-state index < -0.39 is 0 Å². The number of fused-ring (bicyclic) bond motifs is 1. The Morgan fingerprint density at radius 3 is 2.85 bits per heavy atom. The van der Waals surface area contributed by atoms with Crippen molar-refractivity contribution >= 4 is 33.8 Å². The quantitative estimate of drug-likeness (QED) is 0.575. The van der Waals surface area contributed by atoms with Gasteiger partial charge in [-0.25, -0.2) is 0 Å². The van der Waals surface area contributed by atoms with E-state index >= 15 is 0 Å². The molecule has 20 heavy (non-hydrogen) atoms. The maximum atomic E-state index is 5.99. The van der Waals surface area contributed by atoms with E-state index in [1.807, 2.05) is 36.0 Å². The molecule has 0 aliphatic rings. The average molecular weight is 307 g/mol. The van der Waals surface area contributed by atoms with Crippen LogP contribution in [0.1, 0.15) is 16.6 Å². The fraction of sp³-hybridized carbons (Fsp3) is 0.214. The molecule has 1 unspecified atom stereocenters. The van der Waals surface area contributed by atoms with Gasteiger partial charge in [0.25, 0.3) is 0 Å². The number of halogens is 1. The summed E-state index contributed by atoms with van der Waals surface area (Å²) in [5.41, 5.74) is 5.02. The van der Waals surface area contributed by atoms with Gasteiger partial charge in [-0.1, -0.05) is 29.8 Å². The number of para-hydroxylation sites is 1. The first-order chi connectivity index (χ1) is 9.69. The lowest BCUT2D eigenvalue weighted by atomic mass is 10.1. The minimum atomic E-state index is 0.0193. The number of thiophene rings is 1. The van der Waals surface area contributed by atoms with Crippen molar-refractivity contribution in [3.8, 4) is 0 Å². The summed E-state index contributed by atoms with van der Waals surface area (Å²) < 4.78 is 2.67. The topological polar surface area (TPSA) is 55.9 Å². The Hall–Kier alpha value is -1.40. The lowest BCUT2D eigenvalue weighted by Crippen LogP contribution is -2.29. The monoisotopic (exact) mass is 306 g/mol. The molecule has 0 aliphatic heterocycles. The zero-order valence-corrected chi connectivity index (χ0v) is 12.6. The summed E-state index contributed by atoms with van der Waals surface area (Å²) in [7, 11) is 1.96. The molecule has 0 aliphatic carbocycles. The van der Waals surface area contributed by atoms with E-state index in [2.05, 4.69) is 22.7 Å². The number of nitrogens with one attached hydrogen (secondary N) is 1. The molecule has 0 bridgehead atoms. The summed E-state index contributed by atoms with van der Waals surface area (Å²) in [4.78, 5) is 1.12. The van der Waals surface area contributed by atoms with E-state index in [0.717, 1.165) is 32.2 Å². The second-order valence-corrected chi connectivity index (χ2v) is 6.40. The van der Waals surface area contributed by atoms with Gasteiger partial charge in [0.05, 0.1) is 21.6 Å². The van der Waals surface area contributed by atoms with Gasteiger partial charge in [-0.05, 0) is 18.2 Å². The predicted molar refractivity (Wildman–Crippen MR) is 83.8 cm³/mol. The Morgan fingerprint density at radius 1 is 1.35 bits per heavy atom. The van der Waals surface area contributed by atoms with Crippen molar-refractivity contribution in [1.82, 2.24) is 15.2 Å². The Morgan fingerprint density at radius 2 is 2.15 bits per heavy atom. The second kappa shape index (κ2) is 5.54. The van der Waals surface area contributed by atoms with E-state index in [1.165, 1.54) is 0 Å². The van der Waals surface area contributed by atoms with Crippen molar-refractivity contribution < 1.29 is 0 Å². The number of nitrogens with zero attached hydrogens (tertiary/aromatic N) is 2. The van der Waals surface area contributed by atoms with Crippen LogP contribution in [-0.4, -0.2) is 9.78 Å². The fourth-order valence-electron chi connectivity index (χ4n) is 2.39. The first-order valence-corrected chi connectivity index (χ1v) is 7.50. The molecule has 0 amide bonds. The molecular formula is C14H15ClN4S. The van der Waals surface area contributed by atoms with Crippen LogP contribution in [0.25, 0.3) is 10.9 Å². The molecule has 2 heterocycles. The molecule has 3 N–H and O–H groups in total. The molecule has 104 valence electrons. The van der Waals surface area contributed by atoms with Crippen LogP contribution in [0.2, 0.25) is 4.34 Å². The molecule has 3 aromatic rings. The number of rotatable bonds is 4. The maximum Gasteiger partial charge on any atom is 0.0931 e. The number of benzene rings is 1. The van der Waals surface area contributed by atoms with E-state index in [1.54, 1.807) is 11.3 Å². The van der Waals surface area contributed by atoms with Gasteiger partial charge >= 0.3 is 0 Å². The smallest absolute Gasteiger partial charge is 0.0931 e. The molecule has 2 aromatic heterocycles. The third kappa shape index (κ3) is 2.45. The van der Waals surface area contributed by atoms with Crippen LogP contribution in [0.5, 0.6) is 0 Å². The number of hydrazine groups is 1. The van der Waals surface area contributed by atoms with E-state index in [9.17, 15) is 0 Å². The third-order valence-corrected chi connectivity index (χ3v) is 4.72. The van der Waals surface area contributed by atoms with Crippen LogP contribution in [-0.2, 0) is 13.5 Å². The molecule has 6 heteroatoms. The van der Waals surface area contributed by atoms with Crippen LogP contribution in [0.3, 0.4) is 0 Å². The van der Waals surface area contributed by atoms with Crippen molar-refractivity contribution in [2.75, 3.05) is 0 Å². The van der Waals surface area contributed by atoms with Crippen LogP contribution in [0.15, 0.2) is 36.4 Å². The zero-order valence-electron chi connectivity index (χ0n) is 11.0. The van der Waals surface area contributed by atoms with Crippen LogP contribution >= 0.6 is 22.9 Å². The third-order valence-electron chi connectivity index (χ3n) is 3.37. The SMILES string of the molecule is Cn1nc(CC(NN)c2ccc(Cl)s2)c2ccccc21. The van der Waals surface area contributed by atoms with Crippen molar-refractivity contribution in [2.24, 2.45) is 12.9 Å². The maximum absolute atomic E-state index is 5.99. The Labute approximate surface area is 126 Å². The molecule has 1 atom stereocenters. The van der Waals surface area contributed by atoms with Crippen molar-refractivity contribution in [3.63, 3.8) is 0 Å². The molecule has 0 saturated carbocycles. The van der Waals surface area contributed by atoms with Crippen molar-refractivity contribution in [1.29, 1.82) is 0 Å². The van der Waals surface area contributed by atoms with Gasteiger partial charge in [0, 0.05) is 23.7 Å². The first kappa shape index (κ1) is 13.6. The normalized spacial score (nSPS) is 12.9. The molecule has 0 radical (unpaired) electrons.